The molecule has 0 aliphatic rings. The van der Waals surface area contributed by atoms with Crippen LogP contribution in [0.15, 0.2) is 0 Å². The van der Waals surface area contributed by atoms with E-state index in [0.717, 1.165) is 13.0 Å². The van der Waals surface area contributed by atoms with Gasteiger partial charge in [0.25, 0.3) is 0 Å². The Morgan fingerprint density at radius 2 is 1.43 bits per heavy atom. The summed E-state index contributed by atoms with van der Waals surface area (Å²) >= 11 is -0.255. The predicted molar refractivity (Wildman–Crippen MR) is 62.9 cm³/mol. The van der Waals surface area contributed by atoms with Crippen LogP contribution >= 0.6 is 24.8 Å². The van der Waals surface area contributed by atoms with Gasteiger partial charge in [0.15, 0.2) is 0 Å². The van der Waals surface area contributed by atoms with E-state index in [1.807, 2.05) is 0 Å². The topological polar surface area (TPSA) is 12.5 Å². The van der Waals surface area contributed by atoms with Crippen LogP contribution < -0.4 is 0 Å². The van der Waals surface area contributed by atoms with E-state index in [4.69, 9.17) is 3.32 Å². The second-order valence-corrected chi connectivity index (χ2v) is 4.65. The zero-order valence-corrected chi connectivity index (χ0v) is 12.6. The fourth-order valence-electron chi connectivity index (χ4n) is 0.982. The Balaban J connectivity index is -0.000000605. The van der Waals surface area contributed by atoms with Crippen molar-refractivity contribution in [3.63, 3.8) is 0 Å². The molecule has 0 unspecified atom stereocenters. The average Bonchev–Trinajstić information content (AvgIpc) is 2.06. The maximum Gasteiger partial charge on any atom is -0.147 e. The minimum absolute atomic E-state index is 0. The third-order valence-electron chi connectivity index (χ3n) is 1.49. The summed E-state index contributed by atoms with van der Waals surface area (Å²) in [6, 6.07) is 0. The molecule has 5 heteroatoms. The Kier molecular flexibility index (Phi) is 24.5. The minimum Gasteiger partial charge on any atom is -0.147 e. The first kappa shape index (κ1) is 20.6. The van der Waals surface area contributed by atoms with Gasteiger partial charge in [0, 0.05) is 0 Å². The van der Waals surface area contributed by atoms with Crippen molar-refractivity contribution in [3.05, 3.63) is 0 Å². The molecule has 88 valence electrons. The fourth-order valence-corrected chi connectivity index (χ4v) is 2.71. The van der Waals surface area contributed by atoms with Crippen molar-refractivity contribution >= 4 is 24.8 Å². The van der Waals surface area contributed by atoms with E-state index >= 15 is 0 Å². The molecule has 0 aromatic carbocycles. The molecule has 0 radical (unpaired) electrons. The molecular formula is C9H23Cl2NOTi. The minimum atomic E-state index is -0.255. The largest absolute Gasteiger partial charge is 0.147 e. The Hall–Kier alpha value is 1.21. The predicted octanol–water partition coefficient (Wildman–Crippen LogP) is 3.29. The standard InChI is InChI=1S/C6H14N.C3H7O.2ClH.Ti/c1-3-5-7-6-4-2;1-2-3-4;;;/h3-6H2,1-2H3;2-3H2,1H3;2*1H;/q2*-1;;;+2. The fraction of sp³-hybridized carbons (Fsp3) is 1.00. The summed E-state index contributed by atoms with van der Waals surface area (Å²) in [5.41, 5.74) is 0. The molecule has 0 bridgehead atoms. The first-order valence-corrected chi connectivity index (χ1v) is 6.31. The second-order valence-electron chi connectivity index (χ2n) is 2.93. The van der Waals surface area contributed by atoms with E-state index in [1.54, 1.807) is 0 Å². The Bertz CT molecular complexity index is 92.9. The molecule has 0 saturated heterocycles. The van der Waals surface area contributed by atoms with Crippen LogP contribution in [0.3, 0.4) is 0 Å². The summed E-state index contributed by atoms with van der Waals surface area (Å²) < 4.78 is 8.10. The van der Waals surface area contributed by atoms with Gasteiger partial charge < -0.3 is 0 Å². The van der Waals surface area contributed by atoms with Crippen molar-refractivity contribution in [1.82, 2.24) is 3.38 Å². The van der Waals surface area contributed by atoms with Crippen LogP contribution in [0.2, 0.25) is 0 Å². The third kappa shape index (κ3) is 13.2. The quantitative estimate of drug-likeness (QED) is 0.499. The van der Waals surface area contributed by atoms with Crippen LogP contribution in [-0.4, -0.2) is 23.1 Å². The molecule has 2 nitrogen and oxygen atoms in total. The first-order chi connectivity index (χ1) is 5.85. The summed E-state index contributed by atoms with van der Waals surface area (Å²) in [6.07, 6.45) is 3.65. The van der Waals surface area contributed by atoms with E-state index < -0.39 is 0 Å². The van der Waals surface area contributed by atoms with Gasteiger partial charge in [0.05, 0.1) is 0 Å². The Labute approximate surface area is 111 Å². The van der Waals surface area contributed by atoms with E-state index in [2.05, 4.69) is 24.2 Å². The first-order valence-electron chi connectivity index (χ1n) is 4.97. The van der Waals surface area contributed by atoms with Crippen molar-refractivity contribution in [1.29, 1.82) is 0 Å². The normalized spacial score (nSPS) is 9.14. The van der Waals surface area contributed by atoms with Crippen LogP contribution in [0.4, 0.5) is 0 Å². The van der Waals surface area contributed by atoms with Crippen molar-refractivity contribution in [2.45, 2.75) is 40.0 Å². The van der Waals surface area contributed by atoms with Gasteiger partial charge in [0.2, 0.25) is 0 Å². The number of nitrogens with zero attached hydrogens (tertiary/aromatic N) is 1. The summed E-state index contributed by atoms with van der Waals surface area (Å²) in [4.78, 5) is 0. The van der Waals surface area contributed by atoms with Gasteiger partial charge in [-0.2, -0.15) is 0 Å². The zero-order valence-electron chi connectivity index (χ0n) is 9.41. The zero-order chi connectivity index (χ0) is 9.23. The molecule has 14 heavy (non-hydrogen) atoms. The molecule has 0 fully saturated rings. The molecule has 0 atom stereocenters. The molecule has 0 aromatic rings. The van der Waals surface area contributed by atoms with Gasteiger partial charge in [-0.1, -0.05) is 0 Å². The van der Waals surface area contributed by atoms with Gasteiger partial charge in [-0.25, -0.2) is 0 Å². The maximum atomic E-state index is 5.60. The summed E-state index contributed by atoms with van der Waals surface area (Å²) in [6.45, 7) is 10.0. The molecule has 0 aromatic heterocycles. The monoisotopic (exact) mass is 279 g/mol. The molecular weight excluding hydrogens is 257 g/mol. The third-order valence-corrected chi connectivity index (χ3v) is 3.11. The smallest absolute Gasteiger partial charge is 0.147 e. The molecule has 0 N–H and O–H groups in total. The molecule has 0 heterocycles. The van der Waals surface area contributed by atoms with E-state index in [1.165, 1.54) is 25.9 Å². The Morgan fingerprint density at radius 1 is 0.929 bits per heavy atom. The molecule has 0 aliphatic carbocycles. The summed E-state index contributed by atoms with van der Waals surface area (Å²) in [7, 11) is 0. The summed E-state index contributed by atoms with van der Waals surface area (Å²) in [5.74, 6) is 0. The molecule has 0 saturated carbocycles. The summed E-state index contributed by atoms with van der Waals surface area (Å²) in [5, 5.41) is 0. The van der Waals surface area contributed by atoms with Gasteiger partial charge in [-0.05, 0) is 0 Å². The number of rotatable bonds is 8. The molecule has 0 spiro atoms. The van der Waals surface area contributed by atoms with Crippen LogP contribution in [0.25, 0.3) is 0 Å². The van der Waals surface area contributed by atoms with Gasteiger partial charge >= 0.3 is 86.2 Å². The Morgan fingerprint density at radius 3 is 1.79 bits per heavy atom. The van der Waals surface area contributed by atoms with E-state index in [9.17, 15) is 0 Å². The van der Waals surface area contributed by atoms with E-state index in [-0.39, 0.29) is 44.6 Å². The van der Waals surface area contributed by atoms with Crippen LogP contribution in [0.1, 0.15) is 40.0 Å². The average molecular weight is 280 g/mol. The number of hydrogen-bond acceptors (Lipinski definition) is 2. The van der Waals surface area contributed by atoms with Gasteiger partial charge in [0.1, 0.15) is 0 Å². The molecule has 0 aliphatic heterocycles. The van der Waals surface area contributed by atoms with Crippen LogP contribution in [-0.2, 0) is 23.1 Å². The van der Waals surface area contributed by atoms with Gasteiger partial charge in [-0.3, -0.25) is 0 Å². The van der Waals surface area contributed by atoms with E-state index in [0.29, 0.717) is 0 Å². The maximum absolute atomic E-state index is 5.60. The molecule has 0 amide bonds. The SMILES string of the molecule is CCC[O][Ti][N](CCC)CCC.Cl.Cl. The van der Waals surface area contributed by atoms with Crippen molar-refractivity contribution < 1.29 is 23.1 Å². The van der Waals surface area contributed by atoms with Crippen LogP contribution in [0, 0.1) is 0 Å². The number of hydrogen-bond donors (Lipinski definition) is 0. The van der Waals surface area contributed by atoms with Crippen LogP contribution in [0.5, 0.6) is 0 Å². The van der Waals surface area contributed by atoms with Crippen molar-refractivity contribution in [2.24, 2.45) is 0 Å². The molecule has 0 rings (SSSR count). The van der Waals surface area contributed by atoms with Crippen molar-refractivity contribution in [3.8, 4) is 0 Å². The van der Waals surface area contributed by atoms with Crippen molar-refractivity contribution in [2.75, 3.05) is 19.7 Å². The number of halogens is 2. The second kappa shape index (κ2) is 16.6. The van der Waals surface area contributed by atoms with Gasteiger partial charge in [-0.15, -0.1) is 24.8 Å².